The van der Waals surface area contributed by atoms with E-state index in [2.05, 4.69) is 5.32 Å². The van der Waals surface area contributed by atoms with Crippen LogP contribution in [0.4, 0.5) is 17.1 Å². The minimum atomic E-state index is -0.828. The van der Waals surface area contributed by atoms with Gasteiger partial charge in [0, 0.05) is 18.2 Å². The van der Waals surface area contributed by atoms with E-state index in [1.807, 2.05) is 30.3 Å². The van der Waals surface area contributed by atoms with Crippen LogP contribution in [-0.2, 0) is 6.42 Å². The van der Waals surface area contributed by atoms with Crippen molar-refractivity contribution < 1.29 is 19.4 Å². The molecule has 0 aliphatic carbocycles. The Morgan fingerprint density at radius 2 is 1.60 bits per heavy atom. The molecule has 0 spiro atoms. The maximum atomic E-state index is 12.4. The number of carbonyl (C=O) groups is 1. The summed E-state index contributed by atoms with van der Waals surface area (Å²) in [5.41, 5.74) is 0.195. The van der Waals surface area contributed by atoms with E-state index < -0.39 is 27.1 Å². The Hall–Kier alpha value is -4.27. The molecule has 0 saturated carbocycles. The Labute approximate surface area is 171 Å². The third kappa shape index (κ3) is 5.16. The molecule has 0 heterocycles. The predicted octanol–water partition coefficient (Wildman–Crippen LogP) is 4.38. The van der Waals surface area contributed by atoms with Gasteiger partial charge in [0.2, 0.25) is 0 Å². The smallest absolute Gasteiger partial charge is 0.289 e. The molecular weight excluding hydrogens is 390 g/mol. The molecule has 1 N–H and O–H groups in total. The van der Waals surface area contributed by atoms with E-state index in [9.17, 15) is 25.0 Å². The van der Waals surface area contributed by atoms with Gasteiger partial charge in [0.15, 0.2) is 0 Å². The monoisotopic (exact) mass is 407 g/mol. The van der Waals surface area contributed by atoms with Gasteiger partial charge in [0.05, 0.1) is 22.5 Å². The first-order chi connectivity index (χ1) is 14.4. The number of nitrogens with zero attached hydrogens (tertiary/aromatic N) is 2. The summed E-state index contributed by atoms with van der Waals surface area (Å²) >= 11 is 0. The van der Waals surface area contributed by atoms with Crippen LogP contribution in [0.25, 0.3) is 0 Å². The van der Waals surface area contributed by atoms with Crippen LogP contribution in [0.5, 0.6) is 5.75 Å². The first-order valence-electron chi connectivity index (χ1n) is 8.95. The molecule has 0 saturated heterocycles. The van der Waals surface area contributed by atoms with Gasteiger partial charge in [-0.2, -0.15) is 0 Å². The van der Waals surface area contributed by atoms with E-state index in [-0.39, 0.29) is 5.56 Å². The molecule has 152 valence electrons. The standard InChI is InChI=1S/C21H17N3O6/c25-21(19-11-8-17(23(26)27)14-20(19)24(28)29)22-16-6-9-18(10-7-16)30-13-12-15-4-2-1-3-5-15/h1-11,14H,12-13H2,(H,22,25). The molecule has 3 rings (SSSR count). The number of anilines is 1. The Balaban J connectivity index is 1.63. The number of nitro benzene ring substituents is 2. The van der Waals surface area contributed by atoms with Gasteiger partial charge >= 0.3 is 0 Å². The lowest BCUT2D eigenvalue weighted by Crippen LogP contribution is -2.14. The van der Waals surface area contributed by atoms with Crippen molar-refractivity contribution in [1.29, 1.82) is 0 Å². The molecule has 0 atom stereocenters. The molecule has 0 aliphatic rings. The fraction of sp³-hybridized carbons (Fsp3) is 0.0952. The number of nitro groups is 2. The van der Waals surface area contributed by atoms with Crippen LogP contribution in [-0.4, -0.2) is 22.4 Å². The van der Waals surface area contributed by atoms with Gasteiger partial charge in [0.25, 0.3) is 17.3 Å². The molecule has 0 radical (unpaired) electrons. The van der Waals surface area contributed by atoms with Crippen LogP contribution >= 0.6 is 0 Å². The molecule has 0 unspecified atom stereocenters. The number of hydrogen-bond acceptors (Lipinski definition) is 6. The average Bonchev–Trinajstić information content (AvgIpc) is 2.75. The SMILES string of the molecule is O=C(Nc1ccc(OCCc2ccccc2)cc1)c1ccc([N+](=O)[O-])cc1[N+](=O)[O-]. The quantitative estimate of drug-likeness (QED) is 0.436. The van der Waals surface area contributed by atoms with E-state index >= 15 is 0 Å². The second kappa shape index (κ2) is 9.28. The maximum absolute atomic E-state index is 12.4. The summed E-state index contributed by atoms with van der Waals surface area (Å²) in [6.07, 6.45) is 0.753. The summed E-state index contributed by atoms with van der Waals surface area (Å²) in [6.45, 7) is 0.491. The predicted molar refractivity (Wildman–Crippen MR) is 110 cm³/mol. The summed E-state index contributed by atoms with van der Waals surface area (Å²) in [6, 6.07) is 19.3. The zero-order valence-electron chi connectivity index (χ0n) is 15.7. The zero-order valence-corrected chi connectivity index (χ0v) is 15.7. The number of nitrogens with one attached hydrogen (secondary N) is 1. The Morgan fingerprint density at radius 3 is 2.23 bits per heavy atom. The van der Waals surface area contributed by atoms with Crippen LogP contribution in [0.3, 0.4) is 0 Å². The van der Waals surface area contributed by atoms with Crippen molar-refractivity contribution in [3.05, 3.63) is 104 Å². The minimum absolute atomic E-state index is 0.270. The van der Waals surface area contributed by atoms with Crippen molar-refractivity contribution in [1.82, 2.24) is 0 Å². The van der Waals surface area contributed by atoms with Crippen LogP contribution in [0.1, 0.15) is 15.9 Å². The lowest BCUT2D eigenvalue weighted by molar-refractivity contribution is -0.394. The number of rotatable bonds is 8. The van der Waals surface area contributed by atoms with E-state index in [1.54, 1.807) is 24.3 Å². The van der Waals surface area contributed by atoms with Gasteiger partial charge in [-0.05, 0) is 35.9 Å². The fourth-order valence-corrected chi connectivity index (χ4v) is 2.74. The largest absolute Gasteiger partial charge is 0.493 e. The second-order valence-corrected chi connectivity index (χ2v) is 6.28. The molecule has 3 aromatic carbocycles. The van der Waals surface area contributed by atoms with Crippen molar-refractivity contribution >= 4 is 23.0 Å². The van der Waals surface area contributed by atoms with Crippen molar-refractivity contribution in [3.63, 3.8) is 0 Å². The molecule has 0 aromatic heterocycles. The molecule has 30 heavy (non-hydrogen) atoms. The summed E-state index contributed by atoms with van der Waals surface area (Å²) in [5, 5.41) is 24.5. The van der Waals surface area contributed by atoms with E-state index in [1.165, 1.54) is 0 Å². The first-order valence-corrected chi connectivity index (χ1v) is 8.95. The third-order valence-electron chi connectivity index (χ3n) is 4.25. The van der Waals surface area contributed by atoms with Crippen LogP contribution in [0, 0.1) is 20.2 Å². The summed E-state index contributed by atoms with van der Waals surface area (Å²) in [4.78, 5) is 32.8. The highest BCUT2D eigenvalue weighted by Crippen LogP contribution is 2.26. The Kier molecular flexibility index (Phi) is 6.33. The average molecular weight is 407 g/mol. The molecule has 9 heteroatoms. The van der Waals surface area contributed by atoms with Crippen LogP contribution in [0.15, 0.2) is 72.8 Å². The minimum Gasteiger partial charge on any atom is -0.493 e. The number of ether oxygens (including phenoxy) is 1. The van der Waals surface area contributed by atoms with E-state index in [0.29, 0.717) is 18.0 Å². The Morgan fingerprint density at radius 1 is 0.900 bits per heavy atom. The lowest BCUT2D eigenvalue weighted by Gasteiger charge is -2.09. The fourth-order valence-electron chi connectivity index (χ4n) is 2.74. The topological polar surface area (TPSA) is 125 Å². The molecule has 3 aromatic rings. The zero-order chi connectivity index (χ0) is 21.5. The highest BCUT2D eigenvalue weighted by Gasteiger charge is 2.24. The van der Waals surface area contributed by atoms with Crippen molar-refractivity contribution in [2.45, 2.75) is 6.42 Å². The third-order valence-corrected chi connectivity index (χ3v) is 4.25. The summed E-state index contributed by atoms with van der Waals surface area (Å²) in [5.74, 6) is -0.125. The number of carbonyl (C=O) groups excluding carboxylic acids is 1. The lowest BCUT2D eigenvalue weighted by atomic mass is 10.1. The number of benzene rings is 3. The molecule has 0 aliphatic heterocycles. The molecule has 1 amide bonds. The molecule has 0 fully saturated rings. The first kappa shape index (κ1) is 20.5. The summed E-state index contributed by atoms with van der Waals surface area (Å²) < 4.78 is 5.67. The van der Waals surface area contributed by atoms with Crippen LogP contribution in [0.2, 0.25) is 0 Å². The van der Waals surface area contributed by atoms with Gasteiger partial charge in [-0.1, -0.05) is 30.3 Å². The van der Waals surface area contributed by atoms with Crippen LogP contribution < -0.4 is 10.1 Å². The van der Waals surface area contributed by atoms with Gasteiger partial charge < -0.3 is 10.1 Å². The Bertz CT molecular complexity index is 1070. The van der Waals surface area contributed by atoms with Gasteiger partial charge in [-0.3, -0.25) is 25.0 Å². The van der Waals surface area contributed by atoms with Gasteiger partial charge in [-0.25, -0.2) is 0 Å². The normalized spacial score (nSPS) is 10.3. The van der Waals surface area contributed by atoms with E-state index in [4.69, 9.17) is 4.74 Å². The molecular formula is C21H17N3O6. The van der Waals surface area contributed by atoms with Gasteiger partial charge in [-0.15, -0.1) is 0 Å². The van der Waals surface area contributed by atoms with Crippen molar-refractivity contribution in [2.24, 2.45) is 0 Å². The molecule has 9 nitrogen and oxygen atoms in total. The highest BCUT2D eigenvalue weighted by atomic mass is 16.6. The highest BCUT2D eigenvalue weighted by molar-refractivity contribution is 6.07. The van der Waals surface area contributed by atoms with Crippen molar-refractivity contribution in [3.8, 4) is 5.75 Å². The number of non-ortho nitro benzene ring substituents is 1. The van der Waals surface area contributed by atoms with E-state index in [0.717, 1.165) is 30.2 Å². The number of amides is 1. The maximum Gasteiger partial charge on any atom is 0.289 e. The second-order valence-electron chi connectivity index (χ2n) is 6.28. The van der Waals surface area contributed by atoms with Gasteiger partial charge in [0.1, 0.15) is 11.3 Å². The number of hydrogen-bond donors (Lipinski definition) is 1. The van der Waals surface area contributed by atoms with Crippen molar-refractivity contribution in [2.75, 3.05) is 11.9 Å². The molecule has 0 bridgehead atoms. The summed E-state index contributed by atoms with van der Waals surface area (Å²) in [7, 11) is 0.